The first kappa shape index (κ1) is 14.5. The zero-order chi connectivity index (χ0) is 14.5. The van der Waals surface area contributed by atoms with Crippen molar-refractivity contribution in [2.75, 3.05) is 18.4 Å². The largest absolute Gasteiger partial charge is 0.480 e. The predicted molar refractivity (Wildman–Crippen MR) is 76.7 cm³/mol. The first-order chi connectivity index (χ1) is 9.58. The van der Waals surface area contributed by atoms with Gasteiger partial charge in [-0.3, -0.25) is 14.5 Å². The first-order valence-corrected chi connectivity index (χ1v) is 6.90. The Morgan fingerprint density at radius 2 is 2.10 bits per heavy atom. The maximum Gasteiger partial charge on any atom is 0.320 e. The lowest BCUT2D eigenvalue weighted by atomic mass is 10.0. The van der Waals surface area contributed by atoms with Crippen molar-refractivity contribution in [3.8, 4) is 0 Å². The molecule has 1 aromatic carbocycles. The molecule has 2 N–H and O–H groups in total. The highest BCUT2D eigenvalue weighted by Crippen LogP contribution is 2.18. The fourth-order valence-electron chi connectivity index (χ4n) is 2.55. The normalized spacial score (nSPS) is 19.6. The number of amides is 1. The highest BCUT2D eigenvalue weighted by atomic mass is 16.4. The summed E-state index contributed by atoms with van der Waals surface area (Å²) in [6.45, 7) is 2.72. The van der Waals surface area contributed by atoms with Crippen molar-refractivity contribution in [1.82, 2.24) is 4.90 Å². The van der Waals surface area contributed by atoms with Crippen molar-refractivity contribution >= 4 is 17.6 Å². The van der Waals surface area contributed by atoms with Crippen LogP contribution >= 0.6 is 0 Å². The summed E-state index contributed by atoms with van der Waals surface area (Å²) in [5.41, 5.74) is 1.77. The molecule has 0 bridgehead atoms. The van der Waals surface area contributed by atoms with E-state index >= 15 is 0 Å². The molecule has 0 spiro atoms. The molecule has 1 fully saturated rings. The second kappa shape index (κ2) is 6.52. The van der Waals surface area contributed by atoms with Gasteiger partial charge in [-0.05, 0) is 37.9 Å². The van der Waals surface area contributed by atoms with E-state index in [0.717, 1.165) is 24.1 Å². The minimum Gasteiger partial charge on any atom is -0.480 e. The Kier molecular flexibility index (Phi) is 4.74. The van der Waals surface area contributed by atoms with Crippen LogP contribution in [0.5, 0.6) is 0 Å². The number of anilines is 1. The van der Waals surface area contributed by atoms with Crippen LogP contribution in [-0.4, -0.2) is 41.0 Å². The van der Waals surface area contributed by atoms with Gasteiger partial charge in [0.05, 0.1) is 6.54 Å². The third-order valence-electron chi connectivity index (χ3n) is 3.66. The minimum atomic E-state index is -0.839. The van der Waals surface area contributed by atoms with E-state index in [4.69, 9.17) is 0 Å². The van der Waals surface area contributed by atoms with E-state index in [-0.39, 0.29) is 12.5 Å². The Morgan fingerprint density at radius 3 is 2.80 bits per heavy atom. The van der Waals surface area contributed by atoms with Gasteiger partial charge in [-0.15, -0.1) is 0 Å². The van der Waals surface area contributed by atoms with Gasteiger partial charge in [0, 0.05) is 5.69 Å². The number of carbonyl (C=O) groups excluding carboxylic acids is 1. The van der Waals surface area contributed by atoms with E-state index in [1.54, 1.807) is 4.90 Å². The number of para-hydroxylation sites is 1. The summed E-state index contributed by atoms with van der Waals surface area (Å²) in [6.07, 6.45) is 2.47. The minimum absolute atomic E-state index is 0.130. The van der Waals surface area contributed by atoms with Crippen molar-refractivity contribution in [2.45, 2.75) is 32.2 Å². The fourth-order valence-corrected chi connectivity index (χ4v) is 2.55. The van der Waals surface area contributed by atoms with Gasteiger partial charge >= 0.3 is 5.97 Å². The lowest BCUT2D eigenvalue weighted by Crippen LogP contribution is -2.47. The number of carboxylic acids is 1. The second-order valence-electron chi connectivity index (χ2n) is 5.18. The summed E-state index contributed by atoms with van der Waals surface area (Å²) in [5.74, 6) is -0.999. The number of hydrogen-bond donors (Lipinski definition) is 2. The summed E-state index contributed by atoms with van der Waals surface area (Å²) >= 11 is 0. The molecule has 1 amide bonds. The smallest absolute Gasteiger partial charge is 0.320 e. The Balaban J connectivity index is 1.96. The highest BCUT2D eigenvalue weighted by molar-refractivity contribution is 5.93. The second-order valence-corrected chi connectivity index (χ2v) is 5.18. The van der Waals surface area contributed by atoms with Crippen LogP contribution in [0.15, 0.2) is 24.3 Å². The van der Waals surface area contributed by atoms with Gasteiger partial charge < -0.3 is 10.4 Å². The average molecular weight is 276 g/mol. The van der Waals surface area contributed by atoms with Crippen molar-refractivity contribution in [2.24, 2.45) is 0 Å². The molecule has 5 nitrogen and oxygen atoms in total. The van der Waals surface area contributed by atoms with E-state index in [2.05, 4.69) is 5.32 Å². The van der Waals surface area contributed by atoms with Crippen LogP contribution in [0.1, 0.15) is 24.8 Å². The zero-order valence-electron chi connectivity index (χ0n) is 11.6. The lowest BCUT2D eigenvalue weighted by Gasteiger charge is -2.32. The molecule has 2 rings (SSSR count). The molecule has 0 aliphatic carbocycles. The molecule has 20 heavy (non-hydrogen) atoms. The number of nitrogens with zero attached hydrogens (tertiary/aromatic N) is 1. The number of aliphatic carboxylic acids is 1. The Bertz CT molecular complexity index is 502. The van der Waals surface area contributed by atoms with Crippen LogP contribution < -0.4 is 5.32 Å². The van der Waals surface area contributed by atoms with Gasteiger partial charge in [0.15, 0.2) is 0 Å². The number of nitrogens with one attached hydrogen (secondary N) is 1. The topological polar surface area (TPSA) is 69.6 Å². The lowest BCUT2D eigenvalue weighted by molar-refractivity contribution is -0.145. The van der Waals surface area contributed by atoms with E-state index in [9.17, 15) is 14.7 Å². The van der Waals surface area contributed by atoms with Crippen molar-refractivity contribution in [1.29, 1.82) is 0 Å². The summed E-state index contributed by atoms with van der Waals surface area (Å²) in [4.78, 5) is 25.0. The number of carbonyl (C=O) groups is 2. The molecular weight excluding hydrogens is 256 g/mol. The third kappa shape index (κ3) is 3.57. The molecule has 1 heterocycles. The van der Waals surface area contributed by atoms with Crippen molar-refractivity contribution < 1.29 is 14.7 Å². The van der Waals surface area contributed by atoms with Gasteiger partial charge in [-0.25, -0.2) is 0 Å². The molecule has 108 valence electrons. The maximum absolute atomic E-state index is 12.1. The summed E-state index contributed by atoms with van der Waals surface area (Å²) < 4.78 is 0. The number of benzene rings is 1. The fraction of sp³-hybridized carbons (Fsp3) is 0.467. The van der Waals surface area contributed by atoms with E-state index < -0.39 is 12.0 Å². The maximum atomic E-state index is 12.1. The van der Waals surface area contributed by atoms with Crippen LogP contribution in [-0.2, 0) is 9.59 Å². The molecule has 5 heteroatoms. The first-order valence-electron chi connectivity index (χ1n) is 6.90. The number of likely N-dealkylation sites (tertiary alicyclic amines) is 1. The van der Waals surface area contributed by atoms with E-state index in [0.29, 0.717) is 13.0 Å². The molecule has 1 aromatic rings. The van der Waals surface area contributed by atoms with Gasteiger partial charge in [-0.1, -0.05) is 24.6 Å². The number of piperidine rings is 1. The zero-order valence-corrected chi connectivity index (χ0v) is 11.6. The Labute approximate surface area is 118 Å². The SMILES string of the molecule is Cc1ccccc1NC(=O)CN1CCCCC1C(=O)O. The molecule has 1 aliphatic heterocycles. The molecule has 1 saturated heterocycles. The van der Waals surface area contributed by atoms with Crippen LogP contribution in [0.4, 0.5) is 5.69 Å². The third-order valence-corrected chi connectivity index (χ3v) is 3.66. The molecular formula is C15H20N2O3. The Hall–Kier alpha value is -1.88. The van der Waals surface area contributed by atoms with Gasteiger partial charge in [-0.2, -0.15) is 0 Å². The monoisotopic (exact) mass is 276 g/mol. The van der Waals surface area contributed by atoms with E-state index in [1.807, 2.05) is 31.2 Å². The van der Waals surface area contributed by atoms with Crippen LogP contribution in [0.2, 0.25) is 0 Å². The summed E-state index contributed by atoms with van der Waals surface area (Å²) in [6, 6.07) is 7.01. The molecule has 1 aliphatic rings. The molecule has 1 unspecified atom stereocenters. The summed E-state index contributed by atoms with van der Waals surface area (Å²) in [7, 11) is 0. The molecule has 0 radical (unpaired) electrons. The Morgan fingerprint density at radius 1 is 1.35 bits per heavy atom. The van der Waals surface area contributed by atoms with Crippen LogP contribution in [0.3, 0.4) is 0 Å². The quantitative estimate of drug-likeness (QED) is 0.881. The average Bonchev–Trinajstić information content (AvgIpc) is 2.41. The van der Waals surface area contributed by atoms with Crippen LogP contribution in [0.25, 0.3) is 0 Å². The van der Waals surface area contributed by atoms with Gasteiger partial charge in [0.1, 0.15) is 6.04 Å². The number of rotatable bonds is 4. The van der Waals surface area contributed by atoms with E-state index in [1.165, 1.54) is 0 Å². The molecule has 1 atom stereocenters. The number of hydrogen-bond acceptors (Lipinski definition) is 3. The standard InChI is InChI=1S/C15H20N2O3/c1-11-6-2-3-7-12(11)16-14(18)10-17-9-5-4-8-13(17)15(19)20/h2-3,6-7,13H,4-5,8-10H2,1H3,(H,16,18)(H,19,20). The van der Waals surface area contributed by atoms with Crippen molar-refractivity contribution in [3.05, 3.63) is 29.8 Å². The summed E-state index contributed by atoms with van der Waals surface area (Å²) in [5, 5.41) is 12.0. The van der Waals surface area contributed by atoms with Gasteiger partial charge in [0.25, 0.3) is 0 Å². The molecule has 0 saturated carbocycles. The van der Waals surface area contributed by atoms with Crippen LogP contribution in [0, 0.1) is 6.92 Å². The predicted octanol–water partition coefficient (Wildman–Crippen LogP) is 1.87. The van der Waals surface area contributed by atoms with Crippen molar-refractivity contribution in [3.63, 3.8) is 0 Å². The number of aryl methyl sites for hydroxylation is 1. The number of carboxylic acid groups (broad SMARTS) is 1. The highest BCUT2D eigenvalue weighted by Gasteiger charge is 2.29. The van der Waals surface area contributed by atoms with Gasteiger partial charge in [0.2, 0.25) is 5.91 Å². The molecule has 0 aromatic heterocycles.